The summed E-state index contributed by atoms with van der Waals surface area (Å²) in [6.07, 6.45) is 3.44. The van der Waals surface area contributed by atoms with Crippen molar-refractivity contribution >= 4 is 15.7 Å². The molecule has 0 bridgehead atoms. The Morgan fingerprint density at radius 2 is 1.85 bits per heavy atom. The lowest BCUT2D eigenvalue weighted by atomic mass is 10.3. The van der Waals surface area contributed by atoms with Gasteiger partial charge in [-0.3, -0.25) is 4.90 Å². The maximum absolute atomic E-state index is 12.3. The second kappa shape index (κ2) is 5.35. The van der Waals surface area contributed by atoms with Crippen LogP contribution in [0.5, 0.6) is 0 Å². The Labute approximate surface area is 120 Å². The Bertz CT molecular complexity index is 567. The van der Waals surface area contributed by atoms with Crippen molar-refractivity contribution in [2.45, 2.75) is 36.2 Å². The minimum atomic E-state index is -3.40. The molecule has 20 heavy (non-hydrogen) atoms. The van der Waals surface area contributed by atoms with Crippen LogP contribution in [0.25, 0.3) is 0 Å². The van der Waals surface area contributed by atoms with Crippen LogP contribution in [0.4, 0.5) is 5.69 Å². The molecule has 2 fully saturated rings. The molecule has 3 rings (SSSR count). The first-order valence-electron chi connectivity index (χ1n) is 7.13. The molecular weight excluding hydrogens is 274 g/mol. The summed E-state index contributed by atoms with van der Waals surface area (Å²) in [4.78, 5) is 2.73. The van der Waals surface area contributed by atoms with Crippen molar-refractivity contribution in [3.63, 3.8) is 0 Å². The normalized spacial score (nSPS) is 23.9. The molecule has 1 saturated carbocycles. The number of anilines is 1. The first kappa shape index (κ1) is 13.9. The van der Waals surface area contributed by atoms with Crippen LogP contribution in [0.2, 0.25) is 0 Å². The van der Waals surface area contributed by atoms with E-state index in [4.69, 9.17) is 0 Å². The zero-order valence-corrected chi connectivity index (χ0v) is 12.5. The molecule has 1 saturated heterocycles. The molecule has 1 heterocycles. The summed E-state index contributed by atoms with van der Waals surface area (Å²) in [5.41, 5.74) is 0.907. The number of hydrogen-bond acceptors (Lipinski definition) is 4. The van der Waals surface area contributed by atoms with Gasteiger partial charge in [0, 0.05) is 37.9 Å². The maximum Gasteiger partial charge on any atom is 0.240 e. The van der Waals surface area contributed by atoms with Gasteiger partial charge in [-0.15, -0.1) is 0 Å². The average molecular weight is 295 g/mol. The van der Waals surface area contributed by atoms with E-state index in [9.17, 15) is 8.42 Å². The maximum atomic E-state index is 12.3. The van der Waals surface area contributed by atoms with Gasteiger partial charge in [0.15, 0.2) is 0 Å². The quantitative estimate of drug-likeness (QED) is 0.858. The first-order valence-corrected chi connectivity index (χ1v) is 8.61. The van der Waals surface area contributed by atoms with Crippen molar-refractivity contribution < 1.29 is 8.42 Å². The number of likely N-dealkylation sites (tertiary alicyclic amines) is 1. The van der Waals surface area contributed by atoms with E-state index in [1.165, 1.54) is 12.8 Å². The third-order valence-corrected chi connectivity index (χ3v) is 5.59. The summed E-state index contributed by atoms with van der Waals surface area (Å²) in [5.74, 6) is 0. The van der Waals surface area contributed by atoms with Crippen LogP contribution in [0.3, 0.4) is 0 Å². The van der Waals surface area contributed by atoms with E-state index in [1.54, 1.807) is 24.3 Å². The molecule has 5 nitrogen and oxygen atoms in total. The van der Waals surface area contributed by atoms with Crippen molar-refractivity contribution in [3.8, 4) is 0 Å². The van der Waals surface area contributed by atoms with Gasteiger partial charge in [-0.1, -0.05) is 0 Å². The molecule has 2 aliphatic rings. The van der Waals surface area contributed by atoms with E-state index >= 15 is 0 Å². The lowest BCUT2D eigenvalue weighted by molar-refractivity contribution is 0.322. The van der Waals surface area contributed by atoms with Crippen molar-refractivity contribution in [3.05, 3.63) is 24.3 Å². The number of nitrogens with one attached hydrogen (secondary N) is 2. The molecule has 1 unspecified atom stereocenters. The molecule has 6 heteroatoms. The molecule has 1 aliphatic carbocycles. The second-order valence-corrected chi connectivity index (χ2v) is 7.32. The van der Waals surface area contributed by atoms with Gasteiger partial charge in [-0.2, -0.15) is 0 Å². The summed E-state index contributed by atoms with van der Waals surface area (Å²) in [6, 6.07) is 7.59. The van der Waals surface area contributed by atoms with Crippen LogP contribution in [0.15, 0.2) is 29.2 Å². The molecule has 0 aromatic heterocycles. The number of nitrogens with zero attached hydrogens (tertiary/aromatic N) is 1. The summed E-state index contributed by atoms with van der Waals surface area (Å²) in [5, 5.41) is 2.98. The molecule has 2 N–H and O–H groups in total. The Balaban J connectivity index is 1.65. The fraction of sp³-hybridized carbons (Fsp3) is 0.571. The molecule has 1 atom stereocenters. The third kappa shape index (κ3) is 2.97. The predicted octanol–water partition coefficient (Wildman–Crippen LogP) is 1.24. The molecule has 110 valence electrons. The van der Waals surface area contributed by atoms with Crippen LogP contribution < -0.4 is 10.0 Å². The van der Waals surface area contributed by atoms with Gasteiger partial charge in [0.1, 0.15) is 0 Å². The molecule has 0 amide bonds. The van der Waals surface area contributed by atoms with Crippen molar-refractivity contribution in [1.82, 2.24) is 9.62 Å². The minimum absolute atomic E-state index is 0.0459. The van der Waals surface area contributed by atoms with E-state index in [0.29, 0.717) is 10.9 Å². The Kier molecular flexibility index (Phi) is 3.70. The molecule has 0 radical (unpaired) electrons. The molecule has 0 spiro atoms. The minimum Gasteiger partial charge on any atom is -0.388 e. The number of rotatable bonds is 5. The van der Waals surface area contributed by atoms with Crippen LogP contribution in [0, 0.1) is 0 Å². The molecule has 1 aromatic carbocycles. The van der Waals surface area contributed by atoms with E-state index in [1.807, 2.05) is 7.05 Å². The highest BCUT2D eigenvalue weighted by molar-refractivity contribution is 7.89. The van der Waals surface area contributed by atoms with Gasteiger partial charge in [0.25, 0.3) is 0 Å². The summed E-state index contributed by atoms with van der Waals surface area (Å²) in [6.45, 7) is 1.86. The second-order valence-electron chi connectivity index (χ2n) is 5.61. The molecular formula is C14H21N3O2S. The smallest absolute Gasteiger partial charge is 0.240 e. The number of hydrogen-bond donors (Lipinski definition) is 2. The largest absolute Gasteiger partial charge is 0.388 e. The Hall–Kier alpha value is -1.11. The van der Waals surface area contributed by atoms with Crippen molar-refractivity contribution in [2.24, 2.45) is 0 Å². The Morgan fingerprint density at radius 1 is 1.15 bits per heavy atom. The van der Waals surface area contributed by atoms with Gasteiger partial charge in [-0.05, 0) is 43.5 Å². The van der Waals surface area contributed by atoms with Gasteiger partial charge in [-0.25, -0.2) is 13.1 Å². The van der Waals surface area contributed by atoms with Gasteiger partial charge in [0.2, 0.25) is 10.0 Å². The van der Waals surface area contributed by atoms with Crippen LogP contribution in [-0.4, -0.2) is 45.5 Å². The zero-order chi connectivity index (χ0) is 14.2. The zero-order valence-electron chi connectivity index (χ0n) is 11.7. The van der Waals surface area contributed by atoms with Gasteiger partial charge in [0.05, 0.1) is 4.90 Å². The highest BCUT2D eigenvalue weighted by Crippen LogP contribution is 2.30. The summed E-state index contributed by atoms with van der Waals surface area (Å²) < 4.78 is 27.5. The van der Waals surface area contributed by atoms with Crippen LogP contribution in [0.1, 0.15) is 19.3 Å². The highest BCUT2D eigenvalue weighted by Gasteiger charge is 2.35. The monoisotopic (exact) mass is 295 g/mol. The lowest BCUT2D eigenvalue weighted by Crippen LogP contribution is -2.37. The van der Waals surface area contributed by atoms with Crippen LogP contribution >= 0.6 is 0 Å². The van der Waals surface area contributed by atoms with Crippen molar-refractivity contribution in [2.75, 3.05) is 25.5 Å². The first-order chi connectivity index (χ1) is 9.58. The lowest BCUT2D eigenvalue weighted by Gasteiger charge is -2.16. The fourth-order valence-corrected chi connectivity index (χ4v) is 4.00. The average Bonchev–Trinajstić information content (AvgIpc) is 3.20. The van der Waals surface area contributed by atoms with E-state index in [0.717, 1.165) is 25.2 Å². The van der Waals surface area contributed by atoms with Gasteiger partial charge >= 0.3 is 0 Å². The SMILES string of the molecule is CNc1ccc(S(=O)(=O)NC2CCN(C3CC3)C2)cc1. The molecule has 1 aliphatic heterocycles. The van der Waals surface area contributed by atoms with Crippen molar-refractivity contribution in [1.29, 1.82) is 0 Å². The van der Waals surface area contributed by atoms with E-state index in [-0.39, 0.29) is 6.04 Å². The topological polar surface area (TPSA) is 61.4 Å². The standard InChI is InChI=1S/C14H21N3O2S/c1-15-11-2-6-14(7-3-11)20(18,19)16-12-8-9-17(10-12)13-4-5-13/h2-3,6-7,12-13,15-16H,4-5,8-10H2,1H3. The summed E-state index contributed by atoms with van der Waals surface area (Å²) >= 11 is 0. The highest BCUT2D eigenvalue weighted by atomic mass is 32.2. The molecule has 1 aromatic rings. The number of benzene rings is 1. The van der Waals surface area contributed by atoms with E-state index in [2.05, 4.69) is 14.9 Å². The summed E-state index contributed by atoms with van der Waals surface area (Å²) in [7, 11) is -1.59. The fourth-order valence-electron chi connectivity index (χ4n) is 2.74. The van der Waals surface area contributed by atoms with Gasteiger partial charge < -0.3 is 5.32 Å². The third-order valence-electron chi connectivity index (χ3n) is 4.06. The van der Waals surface area contributed by atoms with E-state index < -0.39 is 10.0 Å². The number of sulfonamides is 1. The van der Waals surface area contributed by atoms with Crippen LogP contribution in [-0.2, 0) is 10.0 Å². The Morgan fingerprint density at radius 3 is 2.45 bits per heavy atom. The predicted molar refractivity (Wildman–Crippen MR) is 79.3 cm³/mol.